The average Bonchev–Trinajstić information content (AvgIpc) is 2.83. The van der Waals surface area contributed by atoms with Gasteiger partial charge in [0.1, 0.15) is 11.6 Å². The van der Waals surface area contributed by atoms with Gasteiger partial charge in [-0.05, 0) is 44.4 Å². The first kappa shape index (κ1) is 15.4. The molecule has 4 heteroatoms. The van der Waals surface area contributed by atoms with E-state index in [1.54, 1.807) is 6.07 Å². The minimum absolute atomic E-state index is 0.174. The lowest BCUT2D eigenvalue weighted by Gasteiger charge is -2.27. The molecule has 0 aliphatic carbocycles. The van der Waals surface area contributed by atoms with Crippen LogP contribution in [0.2, 0.25) is 0 Å². The Balaban J connectivity index is 2.10. The summed E-state index contributed by atoms with van der Waals surface area (Å²) in [5.74, 6) is -0.604. The number of hydrogen-bond donors (Lipinski definition) is 1. The van der Waals surface area contributed by atoms with Crippen LogP contribution in [-0.4, -0.2) is 25.3 Å². The normalized spacial score (nSPS) is 24.0. The first-order valence-electron chi connectivity index (χ1n) is 7.40. The molecule has 0 bridgehead atoms. The van der Waals surface area contributed by atoms with Gasteiger partial charge in [0.05, 0.1) is 6.10 Å². The van der Waals surface area contributed by atoms with Crippen LogP contribution < -0.4 is 5.32 Å². The summed E-state index contributed by atoms with van der Waals surface area (Å²) in [6, 6.07) is 4.00. The first-order valence-corrected chi connectivity index (χ1v) is 7.40. The van der Waals surface area contributed by atoms with Gasteiger partial charge in [0.2, 0.25) is 0 Å². The molecule has 1 N–H and O–H groups in total. The zero-order valence-corrected chi connectivity index (χ0v) is 12.2. The maximum atomic E-state index is 13.8. The Hall–Kier alpha value is -1.00. The molecule has 1 heterocycles. The Labute approximate surface area is 119 Å². The fourth-order valence-electron chi connectivity index (χ4n) is 2.91. The van der Waals surface area contributed by atoms with Crippen LogP contribution in [0.5, 0.6) is 0 Å². The second-order valence-corrected chi connectivity index (χ2v) is 5.53. The van der Waals surface area contributed by atoms with E-state index in [1.807, 2.05) is 0 Å². The molecule has 1 aliphatic heterocycles. The van der Waals surface area contributed by atoms with Crippen molar-refractivity contribution < 1.29 is 13.5 Å². The molecule has 1 saturated heterocycles. The molecule has 0 saturated carbocycles. The fourth-order valence-corrected chi connectivity index (χ4v) is 2.91. The van der Waals surface area contributed by atoms with Crippen LogP contribution in [-0.2, 0) is 11.2 Å². The number of rotatable bonds is 6. The van der Waals surface area contributed by atoms with E-state index in [9.17, 15) is 8.78 Å². The summed E-state index contributed by atoms with van der Waals surface area (Å²) < 4.78 is 32.4. The molecule has 0 radical (unpaired) electrons. The molecule has 112 valence electrons. The van der Waals surface area contributed by atoms with Gasteiger partial charge in [-0.2, -0.15) is 0 Å². The molecule has 3 atom stereocenters. The summed E-state index contributed by atoms with van der Waals surface area (Å²) >= 11 is 0. The average molecular weight is 283 g/mol. The highest BCUT2D eigenvalue weighted by Crippen LogP contribution is 2.26. The zero-order valence-electron chi connectivity index (χ0n) is 12.2. The van der Waals surface area contributed by atoms with Crippen molar-refractivity contribution in [1.29, 1.82) is 0 Å². The molecule has 0 spiro atoms. The Morgan fingerprint density at radius 2 is 2.20 bits per heavy atom. The van der Waals surface area contributed by atoms with Crippen molar-refractivity contribution in [2.75, 3.05) is 13.2 Å². The van der Waals surface area contributed by atoms with Gasteiger partial charge in [-0.3, -0.25) is 0 Å². The molecule has 2 rings (SSSR count). The van der Waals surface area contributed by atoms with Gasteiger partial charge in [0.25, 0.3) is 0 Å². The Morgan fingerprint density at radius 3 is 2.80 bits per heavy atom. The lowest BCUT2D eigenvalue weighted by molar-refractivity contribution is 0.0952. The van der Waals surface area contributed by atoms with Gasteiger partial charge in [0, 0.05) is 24.6 Å². The molecular weight excluding hydrogens is 260 g/mol. The predicted octanol–water partition coefficient (Wildman–Crippen LogP) is 3.30. The van der Waals surface area contributed by atoms with E-state index in [-0.39, 0.29) is 12.1 Å². The third kappa shape index (κ3) is 3.76. The van der Waals surface area contributed by atoms with Crippen LogP contribution in [0.15, 0.2) is 18.2 Å². The van der Waals surface area contributed by atoms with Crippen LogP contribution in [0.25, 0.3) is 0 Å². The van der Waals surface area contributed by atoms with Gasteiger partial charge < -0.3 is 10.1 Å². The molecule has 1 aromatic rings. The molecule has 3 unspecified atom stereocenters. The van der Waals surface area contributed by atoms with E-state index in [1.165, 1.54) is 6.07 Å². The second kappa shape index (κ2) is 7.14. The van der Waals surface area contributed by atoms with E-state index in [4.69, 9.17) is 4.74 Å². The van der Waals surface area contributed by atoms with Gasteiger partial charge in [0.15, 0.2) is 0 Å². The van der Waals surface area contributed by atoms with Crippen molar-refractivity contribution in [2.45, 2.75) is 45.3 Å². The molecule has 0 aromatic heterocycles. The van der Waals surface area contributed by atoms with Crippen molar-refractivity contribution in [1.82, 2.24) is 5.32 Å². The van der Waals surface area contributed by atoms with Crippen LogP contribution in [0.4, 0.5) is 8.78 Å². The number of ether oxygens (including phenoxy) is 1. The third-order valence-corrected chi connectivity index (χ3v) is 4.06. The SMILES string of the molecule is CCCNC(Cc1ccc(F)cc1F)C1CCOC1C. The van der Waals surface area contributed by atoms with E-state index >= 15 is 0 Å². The zero-order chi connectivity index (χ0) is 14.5. The Kier molecular flexibility index (Phi) is 5.49. The van der Waals surface area contributed by atoms with Crippen LogP contribution in [0, 0.1) is 17.6 Å². The third-order valence-electron chi connectivity index (χ3n) is 4.06. The Morgan fingerprint density at radius 1 is 1.40 bits per heavy atom. The Bertz CT molecular complexity index is 438. The number of benzene rings is 1. The lowest BCUT2D eigenvalue weighted by Crippen LogP contribution is -2.41. The summed E-state index contributed by atoms with van der Waals surface area (Å²) in [5, 5.41) is 3.49. The lowest BCUT2D eigenvalue weighted by atomic mass is 9.88. The van der Waals surface area contributed by atoms with E-state index in [2.05, 4.69) is 19.2 Å². The monoisotopic (exact) mass is 283 g/mol. The standard InChI is InChI=1S/C16H23F2NO/c1-3-7-19-16(14-6-8-20-11(14)2)9-12-4-5-13(17)10-15(12)18/h4-5,10-11,14,16,19H,3,6-9H2,1-2H3. The number of hydrogen-bond acceptors (Lipinski definition) is 2. The van der Waals surface area contributed by atoms with Crippen molar-refractivity contribution in [3.8, 4) is 0 Å². The molecule has 1 aliphatic rings. The first-order chi connectivity index (χ1) is 9.61. The van der Waals surface area contributed by atoms with E-state index in [0.29, 0.717) is 17.9 Å². The number of nitrogens with one attached hydrogen (secondary N) is 1. The minimum atomic E-state index is -0.526. The smallest absolute Gasteiger partial charge is 0.129 e. The topological polar surface area (TPSA) is 21.3 Å². The number of halogens is 2. The molecule has 20 heavy (non-hydrogen) atoms. The molecule has 1 aromatic carbocycles. The van der Waals surface area contributed by atoms with E-state index < -0.39 is 11.6 Å². The second-order valence-electron chi connectivity index (χ2n) is 5.53. The minimum Gasteiger partial charge on any atom is -0.378 e. The van der Waals surface area contributed by atoms with Crippen molar-refractivity contribution in [3.05, 3.63) is 35.4 Å². The summed E-state index contributed by atoms with van der Waals surface area (Å²) in [6.45, 7) is 5.84. The largest absolute Gasteiger partial charge is 0.378 e. The summed E-state index contributed by atoms with van der Waals surface area (Å²) in [4.78, 5) is 0. The summed E-state index contributed by atoms with van der Waals surface area (Å²) in [7, 11) is 0. The maximum absolute atomic E-state index is 13.8. The molecule has 2 nitrogen and oxygen atoms in total. The fraction of sp³-hybridized carbons (Fsp3) is 0.625. The predicted molar refractivity (Wildman–Crippen MR) is 75.7 cm³/mol. The summed E-state index contributed by atoms with van der Waals surface area (Å²) in [5.41, 5.74) is 0.569. The van der Waals surface area contributed by atoms with Crippen molar-refractivity contribution in [3.63, 3.8) is 0 Å². The van der Waals surface area contributed by atoms with Crippen LogP contribution in [0.1, 0.15) is 32.3 Å². The van der Waals surface area contributed by atoms with E-state index in [0.717, 1.165) is 32.1 Å². The van der Waals surface area contributed by atoms with Crippen molar-refractivity contribution >= 4 is 0 Å². The van der Waals surface area contributed by atoms with Crippen LogP contribution in [0.3, 0.4) is 0 Å². The van der Waals surface area contributed by atoms with Gasteiger partial charge in [-0.15, -0.1) is 0 Å². The molecule has 1 fully saturated rings. The quantitative estimate of drug-likeness (QED) is 0.865. The van der Waals surface area contributed by atoms with Crippen LogP contribution >= 0.6 is 0 Å². The highest BCUT2D eigenvalue weighted by molar-refractivity contribution is 5.20. The van der Waals surface area contributed by atoms with Gasteiger partial charge in [-0.25, -0.2) is 8.78 Å². The highest BCUT2D eigenvalue weighted by Gasteiger charge is 2.31. The highest BCUT2D eigenvalue weighted by atomic mass is 19.1. The summed E-state index contributed by atoms with van der Waals surface area (Å²) in [6.07, 6.45) is 2.79. The van der Waals surface area contributed by atoms with Crippen molar-refractivity contribution in [2.24, 2.45) is 5.92 Å². The maximum Gasteiger partial charge on any atom is 0.129 e. The van der Waals surface area contributed by atoms with Gasteiger partial charge in [-0.1, -0.05) is 13.0 Å². The molecular formula is C16H23F2NO. The molecule has 0 amide bonds. The van der Waals surface area contributed by atoms with Gasteiger partial charge >= 0.3 is 0 Å².